The van der Waals surface area contributed by atoms with E-state index in [1.54, 1.807) is 23.9 Å². The molecule has 1 heterocycles. The number of piperazine rings is 1. The molecule has 1 rings (SSSR count). The van der Waals surface area contributed by atoms with Crippen LogP contribution >= 0.6 is 0 Å². The first-order chi connectivity index (χ1) is 8.41. The van der Waals surface area contributed by atoms with Crippen molar-refractivity contribution < 1.29 is 19.5 Å². The third kappa shape index (κ3) is 3.90. The minimum Gasteiger partial charge on any atom is -0.481 e. The van der Waals surface area contributed by atoms with Crippen molar-refractivity contribution in [2.45, 2.75) is 12.8 Å². The highest BCUT2D eigenvalue weighted by molar-refractivity contribution is 5.81. The van der Waals surface area contributed by atoms with E-state index in [0.717, 1.165) is 0 Å². The molecule has 1 saturated heterocycles. The van der Waals surface area contributed by atoms with Crippen LogP contribution in [0.2, 0.25) is 0 Å². The zero-order chi connectivity index (χ0) is 13.7. The van der Waals surface area contributed by atoms with Crippen molar-refractivity contribution in [3.8, 4) is 0 Å². The van der Waals surface area contributed by atoms with E-state index in [1.807, 2.05) is 0 Å². The Hall–Kier alpha value is -1.79. The standard InChI is InChI=1S/C11H19N3O4/c1-12(2)11(18)14-7-5-13(6-8-14)9(15)3-4-10(16)17/h3-8H2,1-2H3,(H,16,17). The van der Waals surface area contributed by atoms with Gasteiger partial charge in [-0.3, -0.25) is 9.59 Å². The normalized spacial score (nSPS) is 15.4. The molecule has 18 heavy (non-hydrogen) atoms. The van der Waals surface area contributed by atoms with E-state index in [2.05, 4.69) is 0 Å². The van der Waals surface area contributed by atoms with Gasteiger partial charge in [-0.25, -0.2) is 4.79 Å². The van der Waals surface area contributed by atoms with Gasteiger partial charge in [0.25, 0.3) is 0 Å². The molecule has 0 aliphatic carbocycles. The quantitative estimate of drug-likeness (QED) is 0.751. The third-order valence-corrected chi connectivity index (χ3v) is 2.84. The number of hydrogen-bond donors (Lipinski definition) is 1. The topological polar surface area (TPSA) is 81.2 Å². The van der Waals surface area contributed by atoms with Gasteiger partial charge in [0, 0.05) is 46.7 Å². The van der Waals surface area contributed by atoms with Gasteiger partial charge in [-0.05, 0) is 0 Å². The average Bonchev–Trinajstić information content (AvgIpc) is 2.35. The average molecular weight is 257 g/mol. The van der Waals surface area contributed by atoms with Gasteiger partial charge in [0.2, 0.25) is 5.91 Å². The molecule has 0 bridgehead atoms. The molecule has 0 aromatic heterocycles. The summed E-state index contributed by atoms with van der Waals surface area (Å²) in [7, 11) is 3.37. The Kier molecular flexibility index (Phi) is 4.94. The molecule has 1 N–H and O–H groups in total. The van der Waals surface area contributed by atoms with Crippen molar-refractivity contribution in [2.75, 3.05) is 40.3 Å². The SMILES string of the molecule is CN(C)C(=O)N1CCN(C(=O)CCC(=O)O)CC1. The van der Waals surface area contributed by atoms with Crippen LogP contribution in [0.4, 0.5) is 4.79 Å². The van der Waals surface area contributed by atoms with Crippen LogP contribution in [0.25, 0.3) is 0 Å². The third-order valence-electron chi connectivity index (χ3n) is 2.84. The molecule has 0 unspecified atom stereocenters. The Balaban J connectivity index is 2.37. The summed E-state index contributed by atoms with van der Waals surface area (Å²) in [6.07, 6.45) is -0.118. The fourth-order valence-corrected chi connectivity index (χ4v) is 1.80. The summed E-state index contributed by atoms with van der Waals surface area (Å²) in [6.45, 7) is 1.93. The molecule has 0 aromatic rings. The maximum absolute atomic E-state index is 11.7. The Morgan fingerprint density at radius 2 is 1.50 bits per heavy atom. The first-order valence-corrected chi connectivity index (χ1v) is 5.87. The van der Waals surface area contributed by atoms with E-state index in [4.69, 9.17) is 5.11 Å². The molecule has 0 aromatic carbocycles. The summed E-state index contributed by atoms with van der Waals surface area (Å²) in [5.74, 6) is -1.13. The molecule has 0 atom stereocenters. The second-order valence-electron chi connectivity index (χ2n) is 4.44. The molecule has 7 heteroatoms. The van der Waals surface area contributed by atoms with Crippen LogP contribution in [0, 0.1) is 0 Å². The first kappa shape index (κ1) is 14.3. The number of hydrogen-bond acceptors (Lipinski definition) is 3. The second-order valence-corrected chi connectivity index (χ2v) is 4.44. The van der Waals surface area contributed by atoms with Crippen LogP contribution < -0.4 is 0 Å². The molecule has 1 fully saturated rings. The highest BCUT2D eigenvalue weighted by Gasteiger charge is 2.24. The molecule has 102 valence electrons. The number of carboxylic acids is 1. The molecule has 0 saturated carbocycles. The van der Waals surface area contributed by atoms with E-state index in [9.17, 15) is 14.4 Å². The predicted molar refractivity (Wildman–Crippen MR) is 64.1 cm³/mol. The zero-order valence-corrected chi connectivity index (χ0v) is 10.8. The Morgan fingerprint density at radius 1 is 1.00 bits per heavy atom. The van der Waals surface area contributed by atoms with Crippen molar-refractivity contribution in [1.29, 1.82) is 0 Å². The van der Waals surface area contributed by atoms with Crippen LogP contribution in [0.5, 0.6) is 0 Å². The number of aliphatic carboxylic acids is 1. The lowest BCUT2D eigenvalue weighted by molar-refractivity contribution is -0.141. The summed E-state index contributed by atoms with van der Waals surface area (Å²) >= 11 is 0. The lowest BCUT2D eigenvalue weighted by Gasteiger charge is -2.35. The van der Waals surface area contributed by atoms with Gasteiger partial charge in [-0.15, -0.1) is 0 Å². The summed E-state index contributed by atoms with van der Waals surface area (Å²) in [6, 6.07) is -0.0624. The number of carbonyl (C=O) groups excluding carboxylic acids is 2. The summed E-state index contributed by atoms with van der Waals surface area (Å²) < 4.78 is 0. The van der Waals surface area contributed by atoms with Crippen LogP contribution in [-0.2, 0) is 9.59 Å². The van der Waals surface area contributed by atoms with E-state index < -0.39 is 5.97 Å². The first-order valence-electron chi connectivity index (χ1n) is 5.87. The molecule has 0 spiro atoms. The van der Waals surface area contributed by atoms with E-state index >= 15 is 0 Å². The number of carboxylic acid groups (broad SMARTS) is 1. The minimum absolute atomic E-state index is 0.0248. The van der Waals surface area contributed by atoms with Crippen LogP contribution in [0.3, 0.4) is 0 Å². The molecule has 1 aliphatic heterocycles. The molecule has 1 aliphatic rings. The second kappa shape index (κ2) is 6.23. The molecule has 0 radical (unpaired) electrons. The van der Waals surface area contributed by atoms with Crippen molar-refractivity contribution in [3.63, 3.8) is 0 Å². The molecular formula is C11H19N3O4. The maximum atomic E-state index is 11.7. The van der Waals surface area contributed by atoms with Crippen molar-refractivity contribution >= 4 is 17.9 Å². The highest BCUT2D eigenvalue weighted by Crippen LogP contribution is 2.06. The van der Waals surface area contributed by atoms with Crippen LogP contribution in [0.15, 0.2) is 0 Å². The van der Waals surface area contributed by atoms with Crippen molar-refractivity contribution in [3.05, 3.63) is 0 Å². The van der Waals surface area contributed by atoms with Crippen molar-refractivity contribution in [2.24, 2.45) is 0 Å². The van der Waals surface area contributed by atoms with Gasteiger partial charge in [-0.2, -0.15) is 0 Å². The van der Waals surface area contributed by atoms with Gasteiger partial charge in [0.1, 0.15) is 0 Å². The largest absolute Gasteiger partial charge is 0.481 e. The fourth-order valence-electron chi connectivity index (χ4n) is 1.80. The fraction of sp³-hybridized carbons (Fsp3) is 0.727. The van der Waals surface area contributed by atoms with Crippen LogP contribution in [0.1, 0.15) is 12.8 Å². The van der Waals surface area contributed by atoms with Crippen molar-refractivity contribution in [1.82, 2.24) is 14.7 Å². The Labute approximate surface area is 106 Å². The van der Waals surface area contributed by atoms with Gasteiger partial charge in [0.05, 0.1) is 6.42 Å². The van der Waals surface area contributed by atoms with Gasteiger partial charge in [-0.1, -0.05) is 0 Å². The monoisotopic (exact) mass is 257 g/mol. The van der Waals surface area contributed by atoms with Gasteiger partial charge >= 0.3 is 12.0 Å². The van der Waals surface area contributed by atoms with Gasteiger partial charge in [0.15, 0.2) is 0 Å². The van der Waals surface area contributed by atoms with E-state index in [1.165, 1.54) is 4.90 Å². The Bertz CT molecular complexity index is 335. The number of amides is 3. The minimum atomic E-state index is -0.968. The van der Waals surface area contributed by atoms with Gasteiger partial charge < -0.3 is 19.8 Å². The smallest absolute Gasteiger partial charge is 0.319 e. The number of urea groups is 1. The summed E-state index contributed by atoms with van der Waals surface area (Å²) in [5.41, 5.74) is 0. The summed E-state index contributed by atoms with van der Waals surface area (Å²) in [5, 5.41) is 8.51. The molecular weight excluding hydrogens is 238 g/mol. The summed E-state index contributed by atoms with van der Waals surface area (Å²) in [4.78, 5) is 38.5. The number of nitrogens with zero attached hydrogens (tertiary/aromatic N) is 3. The highest BCUT2D eigenvalue weighted by atomic mass is 16.4. The molecule has 7 nitrogen and oxygen atoms in total. The maximum Gasteiger partial charge on any atom is 0.319 e. The number of rotatable bonds is 3. The predicted octanol–water partition coefficient (Wildman–Crippen LogP) is -0.323. The zero-order valence-electron chi connectivity index (χ0n) is 10.8. The number of carbonyl (C=O) groups is 3. The lowest BCUT2D eigenvalue weighted by Crippen LogP contribution is -2.52. The van der Waals surface area contributed by atoms with E-state index in [0.29, 0.717) is 26.2 Å². The van der Waals surface area contributed by atoms with E-state index in [-0.39, 0.29) is 24.8 Å². The molecule has 3 amide bonds. The Morgan fingerprint density at radius 3 is 1.94 bits per heavy atom. The lowest BCUT2D eigenvalue weighted by atomic mass is 10.2. The van der Waals surface area contributed by atoms with Crippen LogP contribution in [-0.4, -0.2) is 78.0 Å².